The molecule has 1 amide bonds. The average Bonchev–Trinajstić information content (AvgIpc) is 3.46. The van der Waals surface area contributed by atoms with Gasteiger partial charge >= 0.3 is 0 Å². The van der Waals surface area contributed by atoms with Crippen molar-refractivity contribution in [3.63, 3.8) is 0 Å². The van der Waals surface area contributed by atoms with E-state index >= 15 is 0 Å². The van der Waals surface area contributed by atoms with Gasteiger partial charge in [-0.3, -0.25) is 9.78 Å². The van der Waals surface area contributed by atoms with Crippen molar-refractivity contribution in [2.24, 2.45) is 0 Å². The van der Waals surface area contributed by atoms with E-state index in [4.69, 9.17) is 10.7 Å². The smallest absolute Gasteiger partial charge is 0.251 e. The van der Waals surface area contributed by atoms with Crippen LogP contribution in [-0.4, -0.2) is 59.9 Å². The molecular weight excluding hydrogens is 484 g/mol. The molecule has 0 saturated carbocycles. The maximum atomic E-state index is 12.7. The van der Waals surface area contributed by atoms with Gasteiger partial charge in [-0.25, -0.2) is 4.98 Å². The van der Waals surface area contributed by atoms with Gasteiger partial charge in [0.25, 0.3) is 5.91 Å². The monoisotopic (exact) mass is 514 g/mol. The Morgan fingerprint density at radius 2 is 1.81 bits per heavy atom. The van der Waals surface area contributed by atoms with Crippen LogP contribution in [0.4, 0.5) is 5.82 Å². The lowest BCUT2D eigenvalue weighted by Gasteiger charge is -2.39. The summed E-state index contributed by atoms with van der Waals surface area (Å²) < 4.78 is 1.72. The second kappa shape index (κ2) is 9.46. The lowest BCUT2D eigenvalue weighted by Crippen LogP contribution is -2.49. The molecule has 2 saturated heterocycles. The quantitative estimate of drug-likeness (QED) is 0.380. The molecule has 5 heterocycles. The second-order valence-corrected chi connectivity index (χ2v) is 10.8. The molecule has 0 radical (unpaired) electrons. The lowest BCUT2D eigenvalue weighted by atomic mass is 9.87. The summed E-state index contributed by atoms with van der Waals surface area (Å²) in [5.41, 5.74) is 12.1. The summed E-state index contributed by atoms with van der Waals surface area (Å²) in [6.45, 7) is 1.55. The molecule has 0 spiro atoms. The van der Waals surface area contributed by atoms with Crippen molar-refractivity contribution in [2.45, 2.75) is 61.6 Å². The van der Waals surface area contributed by atoms with Crippen LogP contribution in [0, 0.1) is 0 Å². The number of nitrogens with two attached hydrogens (primary N) is 1. The third-order valence-electron chi connectivity index (χ3n) is 7.74. The van der Waals surface area contributed by atoms with Crippen LogP contribution in [0.15, 0.2) is 59.8 Å². The van der Waals surface area contributed by atoms with E-state index in [2.05, 4.69) is 10.1 Å². The first-order valence-electron chi connectivity index (χ1n) is 12.7. The molecule has 4 atom stereocenters. The van der Waals surface area contributed by atoms with Crippen molar-refractivity contribution in [3.05, 3.63) is 60.6 Å². The summed E-state index contributed by atoms with van der Waals surface area (Å²) in [7, 11) is 0. The van der Waals surface area contributed by atoms with Gasteiger partial charge in [0.2, 0.25) is 0 Å². The number of pyridine rings is 1. The molecule has 3 aromatic heterocycles. The molecule has 2 fully saturated rings. The molecule has 0 aliphatic carbocycles. The van der Waals surface area contributed by atoms with Crippen LogP contribution < -0.4 is 5.73 Å². The number of benzene rings is 1. The van der Waals surface area contributed by atoms with Crippen molar-refractivity contribution in [3.8, 4) is 22.4 Å². The summed E-state index contributed by atoms with van der Waals surface area (Å²) >= 11 is 1.59. The Hall–Kier alpha value is -3.43. The van der Waals surface area contributed by atoms with Gasteiger partial charge in [-0.1, -0.05) is 36.4 Å². The van der Waals surface area contributed by atoms with Gasteiger partial charge in [0.15, 0.2) is 5.65 Å². The first kappa shape index (κ1) is 23.9. The number of carbonyl (C=O) groups excluding carboxylic acids is 1. The highest BCUT2D eigenvalue weighted by Crippen LogP contribution is 2.46. The van der Waals surface area contributed by atoms with E-state index in [0.717, 1.165) is 64.3 Å². The molecule has 2 aliphatic rings. The van der Waals surface area contributed by atoms with Crippen molar-refractivity contribution in [1.82, 2.24) is 24.5 Å². The van der Waals surface area contributed by atoms with Gasteiger partial charge in [-0.15, -0.1) is 11.8 Å². The van der Waals surface area contributed by atoms with Crippen LogP contribution in [0.1, 0.15) is 44.2 Å². The molecule has 8 nitrogen and oxygen atoms in total. The number of piperidine rings is 1. The molecule has 2 unspecified atom stereocenters. The van der Waals surface area contributed by atoms with Crippen molar-refractivity contribution in [2.75, 3.05) is 12.0 Å². The zero-order valence-electron chi connectivity index (χ0n) is 20.9. The summed E-state index contributed by atoms with van der Waals surface area (Å²) in [6.07, 6.45) is 8.28. The number of hydrogen-bond acceptors (Lipinski definition) is 7. The van der Waals surface area contributed by atoms with E-state index in [0.29, 0.717) is 5.82 Å². The molecule has 37 heavy (non-hydrogen) atoms. The van der Waals surface area contributed by atoms with Crippen LogP contribution in [0.5, 0.6) is 0 Å². The molecule has 1 aromatic carbocycles. The van der Waals surface area contributed by atoms with Crippen LogP contribution in [0.3, 0.4) is 0 Å². The Labute approximate surface area is 219 Å². The Morgan fingerprint density at radius 3 is 2.43 bits per heavy atom. The first-order valence-corrected chi connectivity index (χ1v) is 13.9. The number of rotatable bonds is 5. The van der Waals surface area contributed by atoms with Crippen molar-refractivity contribution < 1.29 is 9.90 Å². The highest BCUT2D eigenvalue weighted by Gasteiger charge is 2.45. The van der Waals surface area contributed by atoms with Crippen LogP contribution in [0.25, 0.3) is 28.0 Å². The number of nitrogens with zero attached hydrogens (tertiary/aromatic N) is 5. The number of amides is 1. The third kappa shape index (κ3) is 4.06. The third-order valence-corrected chi connectivity index (χ3v) is 8.57. The summed E-state index contributed by atoms with van der Waals surface area (Å²) in [4.78, 5) is 25.4. The fourth-order valence-electron chi connectivity index (χ4n) is 6.02. The number of thioether (sulfide) groups is 1. The average molecular weight is 515 g/mol. The SMILES string of the molecule is CSc1c(C2CC3CC[C@@H](C2)N3C(=O)[C@@H](C)O)nc2c(-c3ccc(-c4ccccc4)nc3)cnn2c1N. The predicted molar refractivity (Wildman–Crippen MR) is 145 cm³/mol. The number of aliphatic hydroxyl groups excluding tert-OH is 1. The predicted octanol–water partition coefficient (Wildman–Crippen LogP) is 4.38. The summed E-state index contributed by atoms with van der Waals surface area (Å²) in [6, 6.07) is 14.4. The van der Waals surface area contributed by atoms with E-state index in [1.807, 2.05) is 59.8 Å². The minimum absolute atomic E-state index is 0.124. The molecule has 4 aromatic rings. The molecular formula is C28H30N6O2S. The summed E-state index contributed by atoms with van der Waals surface area (Å²) in [5.74, 6) is 0.609. The van der Waals surface area contributed by atoms with Crippen LogP contribution in [-0.2, 0) is 4.79 Å². The fourth-order valence-corrected chi connectivity index (χ4v) is 6.73. The minimum Gasteiger partial charge on any atom is -0.384 e. The lowest BCUT2D eigenvalue weighted by molar-refractivity contribution is -0.144. The van der Waals surface area contributed by atoms with Gasteiger partial charge in [0.1, 0.15) is 11.9 Å². The Kier molecular flexibility index (Phi) is 6.12. The molecule has 2 aliphatic heterocycles. The van der Waals surface area contributed by atoms with E-state index in [-0.39, 0.29) is 23.9 Å². The zero-order valence-corrected chi connectivity index (χ0v) is 21.7. The first-order chi connectivity index (χ1) is 18.0. The second-order valence-electron chi connectivity index (χ2n) is 9.98. The number of nitrogen functional groups attached to an aromatic ring is 1. The fraction of sp³-hybridized carbons (Fsp3) is 0.357. The van der Waals surface area contributed by atoms with Gasteiger partial charge in [-0.2, -0.15) is 9.61 Å². The Bertz CT molecular complexity index is 1440. The van der Waals surface area contributed by atoms with Crippen molar-refractivity contribution >= 4 is 29.1 Å². The van der Waals surface area contributed by atoms with Gasteiger partial charge in [0.05, 0.1) is 22.5 Å². The maximum Gasteiger partial charge on any atom is 0.251 e. The number of hydrogen-bond donors (Lipinski definition) is 2. The molecule has 3 N–H and O–H groups in total. The van der Waals surface area contributed by atoms with Gasteiger partial charge in [0, 0.05) is 40.9 Å². The van der Waals surface area contributed by atoms with E-state index in [1.54, 1.807) is 29.4 Å². The Balaban J connectivity index is 1.37. The molecule has 9 heteroatoms. The van der Waals surface area contributed by atoms with Gasteiger partial charge in [-0.05, 0) is 44.9 Å². The van der Waals surface area contributed by atoms with E-state index in [1.165, 1.54) is 0 Å². The van der Waals surface area contributed by atoms with Gasteiger partial charge < -0.3 is 15.7 Å². The number of fused-ring (bicyclic) bond motifs is 3. The topological polar surface area (TPSA) is 110 Å². The van der Waals surface area contributed by atoms with E-state index in [9.17, 15) is 9.90 Å². The summed E-state index contributed by atoms with van der Waals surface area (Å²) in [5, 5.41) is 14.5. The molecule has 6 rings (SSSR count). The highest BCUT2D eigenvalue weighted by molar-refractivity contribution is 7.98. The van der Waals surface area contributed by atoms with E-state index < -0.39 is 6.10 Å². The standard InChI is InChI=1S/C28H30N6O2S/c1-16(35)28(36)33-20-9-10-21(33)13-19(12-20)24-25(37-2)26(29)34-27(32-24)22(15-31-34)18-8-11-23(30-14-18)17-6-4-3-5-7-17/h3-8,11,14-16,19-21,35H,9-10,12-13,29H2,1-2H3/t16-,19?,20+,21?/m1/s1. The Morgan fingerprint density at radius 1 is 1.08 bits per heavy atom. The highest BCUT2D eigenvalue weighted by atomic mass is 32.2. The number of aliphatic hydroxyl groups is 1. The number of carbonyl (C=O) groups is 1. The van der Waals surface area contributed by atoms with Crippen LogP contribution >= 0.6 is 11.8 Å². The number of aromatic nitrogens is 4. The number of anilines is 1. The zero-order chi connectivity index (χ0) is 25.7. The van der Waals surface area contributed by atoms with Crippen molar-refractivity contribution in [1.29, 1.82) is 0 Å². The normalized spacial score (nSPS) is 21.9. The molecule has 190 valence electrons. The maximum absolute atomic E-state index is 12.7. The minimum atomic E-state index is -0.970. The largest absolute Gasteiger partial charge is 0.384 e. The van der Waals surface area contributed by atoms with Crippen LogP contribution in [0.2, 0.25) is 0 Å². The molecule has 2 bridgehead atoms.